The summed E-state index contributed by atoms with van der Waals surface area (Å²) in [5.41, 5.74) is -0.897. The van der Waals surface area contributed by atoms with Crippen LogP contribution in [0.3, 0.4) is 0 Å². The lowest BCUT2D eigenvalue weighted by molar-refractivity contribution is 0.0545. The van der Waals surface area contributed by atoms with Crippen molar-refractivity contribution in [2.45, 2.75) is 59.2 Å². The van der Waals surface area contributed by atoms with Crippen molar-refractivity contribution in [3.05, 3.63) is 24.3 Å². The van der Waals surface area contributed by atoms with Gasteiger partial charge in [0.15, 0.2) is 0 Å². The quantitative estimate of drug-likeness (QED) is 0.327. The summed E-state index contributed by atoms with van der Waals surface area (Å²) in [7, 11) is 0. The molecule has 0 unspecified atom stereocenters. The summed E-state index contributed by atoms with van der Waals surface area (Å²) in [5, 5.41) is 8.27. The molecule has 190 valence electrons. The number of carbonyl (C=O) groups excluding carboxylic acids is 2. The molecule has 1 saturated heterocycles. The van der Waals surface area contributed by atoms with Crippen molar-refractivity contribution >= 4 is 23.8 Å². The van der Waals surface area contributed by atoms with E-state index >= 15 is 0 Å². The van der Waals surface area contributed by atoms with Gasteiger partial charge in [0.25, 0.3) is 0 Å². The fourth-order valence-electron chi connectivity index (χ4n) is 3.05. The first kappa shape index (κ1) is 27.4. The summed E-state index contributed by atoms with van der Waals surface area (Å²) in [4.78, 5) is 31.2. The molecule has 0 aromatic heterocycles. The van der Waals surface area contributed by atoms with Gasteiger partial charge in [-0.25, -0.2) is 14.6 Å². The lowest BCUT2D eigenvalue weighted by atomic mass is 10.2. The fourth-order valence-corrected chi connectivity index (χ4v) is 3.05. The number of rotatable bonds is 6. The third-order valence-corrected chi connectivity index (χ3v) is 4.41. The number of carbonyl (C=O) groups is 2. The van der Waals surface area contributed by atoms with Crippen molar-refractivity contribution in [1.29, 1.82) is 0 Å². The zero-order chi connectivity index (χ0) is 25.2. The van der Waals surface area contributed by atoms with Crippen molar-refractivity contribution in [2.24, 2.45) is 4.99 Å². The summed E-state index contributed by atoms with van der Waals surface area (Å²) in [6.45, 7) is 16.3. The van der Waals surface area contributed by atoms with E-state index in [0.29, 0.717) is 12.3 Å². The second kappa shape index (κ2) is 12.6. The van der Waals surface area contributed by atoms with E-state index < -0.39 is 23.4 Å². The van der Waals surface area contributed by atoms with Crippen LogP contribution in [0.5, 0.6) is 5.75 Å². The van der Waals surface area contributed by atoms with Crippen LogP contribution < -0.4 is 20.7 Å². The molecular weight excluding hydrogens is 438 g/mol. The number of alkyl carbamates (subject to hydrolysis) is 2. The summed E-state index contributed by atoms with van der Waals surface area (Å²) in [5.74, 6) is 0.620. The smallest absolute Gasteiger partial charge is 0.414 e. The third kappa shape index (κ3) is 11.9. The molecule has 1 aliphatic heterocycles. The second-order valence-electron chi connectivity index (χ2n) is 10.0. The van der Waals surface area contributed by atoms with E-state index in [-0.39, 0.29) is 5.96 Å². The number of amides is 2. The van der Waals surface area contributed by atoms with Crippen LogP contribution in [0.4, 0.5) is 15.3 Å². The lowest BCUT2D eigenvalue weighted by Gasteiger charge is -2.26. The highest BCUT2D eigenvalue weighted by molar-refractivity contribution is 6.02. The molecule has 0 spiro atoms. The molecule has 10 nitrogen and oxygen atoms in total. The molecular formula is C24H39N5O5. The minimum absolute atomic E-state index is 0.104. The normalized spacial score (nSPS) is 14.6. The van der Waals surface area contributed by atoms with Crippen LogP contribution in [0.1, 0.15) is 48.0 Å². The number of benzene rings is 1. The molecule has 0 atom stereocenters. The SMILES string of the molecule is CC(C)(C)OC(=O)NC(=Nc1ccc(OCCCN2CCNCC2)cc1)NC(=O)OC(C)(C)C. The van der Waals surface area contributed by atoms with Gasteiger partial charge in [0.05, 0.1) is 12.3 Å². The first-order chi connectivity index (χ1) is 15.9. The zero-order valence-corrected chi connectivity index (χ0v) is 21.2. The molecule has 1 fully saturated rings. The van der Waals surface area contributed by atoms with Gasteiger partial charge in [0.1, 0.15) is 17.0 Å². The first-order valence-corrected chi connectivity index (χ1v) is 11.6. The van der Waals surface area contributed by atoms with Crippen LogP contribution in [0.25, 0.3) is 0 Å². The van der Waals surface area contributed by atoms with Crippen LogP contribution >= 0.6 is 0 Å². The zero-order valence-electron chi connectivity index (χ0n) is 21.2. The molecule has 0 bridgehead atoms. The number of nitrogens with zero attached hydrogens (tertiary/aromatic N) is 2. The van der Waals surface area contributed by atoms with Gasteiger partial charge in [0.2, 0.25) is 5.96 Å². The van der Waals surface area contributed by atoms with E-state index in [1.54, 1.807) is 65.8 Å². The Labute approximate surface area is 202 Å². The Kier molecular flexibility index (Phi) is 10.1. The molecule has 0 radical (unpaired) electrons. The molecule has 0 aliphatic carbocycles. The lowest BCUT2D eigenvalue weighted by Crippen LogP contribution is -2.47. The van der Waals surface area contributed by atoms with Gasteiger partial charge in [-0.05, 0) is 72.2 Å². The van der Waals surface area contributed by atoms with Crippen molar-refractivity contribution in [3.63, 3.8) is 0 Å². The summed E-state index contributed by atoms with van der Waals surface area (Å²) < 4.78 is 16.3. The number of aliphatic imine (C=N–C) groups is 1. The largest absolute Gasteiger partial charge is 0.494 e. The van der Waals surface area contributed by atoms with Crippen LogP contribution in [-0.2, 0) is 9.47 Å². The van der Waals surface area contributed by atoms with Crippen molar-refractivity contribution in [2.75, 3.05) is 39.3 Å². The maximum absolute atomic E-state index is 12.2. The summed E-state index contributed by atoms with van der Waals surface area (Å²) >= 11 is 0. The molecule has 1 aromatic rings. The average Bonchev–Trinajstić information content (AvgIpc) is 2.70. The molecule has 1 aromatic carbocycles. The highest BCUT2D eigenvalue weighted by Gasteiger charge is 2.21. The fraction of sp³-hybridized carbons (Fsp3) is 0.625. The number of hydrogen-bond donors (Lipinski definition) is 3. The third-order valence-electron chi connectivity index (χ3n) is 4.41. The molecule has 10 heteroatoms. The number of ether oxygens (including phenoxy) is 3. The first-order valence-electron chi connectivity index (χ1n) is 11.6. The minimum atomic E-state index is -0.744. The highest BCUT2D eigenvalue weighted by Crippen LogP contribution is 2.18. The van der Waals surface area contributed by atoms with E-state index in [9.17, 15) is 9.59 Å². The van der Waals surface area contributed by atoms with Gasteiger partial charge in [-0.3, -0.25) is 10.6 Å². The van der Waals surface area contributed by atoms with E-state index in [2.05, 4.69) is 25.8 Å². The Morgan fingerprint density at radius 2 is 1.47 bits per heavy atom. The summed E-state index contributed by atoms with van der Waals surface area (Å²) in [6, 6.07) is 7.06. The van der Waals surface area contributed by atoms with E-state index in [4.69, 9.17) is 14.2 Å². The number of nitrogens with one attached hydrogen (secondary N) is 3. The Balaban J connectivity index is 1.96. The van der Waals surface area contributed by atoms with Gasteiger partial charge in [-0.2, -0.15) is 0 Å². The Hall–Kier alpha value is -2.85. The number of guanidine groups is 1. The van der Waals surface area contributed by atoms with Crippen LogP contribution in [0.2, 0.25) is 0 Å². The number of piperazine rings is 1. The molecule has 1 aliphatic rings. The molecule has 2 rings (SSSR count). The van der Waals surface area contributed by atoms with Crippen LogP contribution in [0, 0.1) is 0 Å². The van der Waals surface area contributed by atoms with Gasteiger partial charge < -0.3 is 24.4 Å². The molecule has 2 amide bonds. The second-order valence-corrected chi connectivity index (χ2v) is 10.0. The standard InChI is InChI=1S/C24H39N5O5/c1-23(2,3)33-21(30)27-20(28-22(31)34-24(4,5)6)26-18-8-10-19(11-9-18)32-17-7-14-29-15-12-25-13-16-29/h8-11,25H,7,12-17H2,1-6H3,(H2,26,27,28,30,31). The van der Waals surface area contributed by atoms with Crippen LogP contribution in [0.15, 0.2) is 29.3 Å². The highest BCUT2D eigenvalue weighted by atomic mass is 16.6. The Morgan fingerprint density at radius 1 is 0.941 bits per heavy atom. The summed E-state index contributed by atoms with van der Waals surface area (Å²) in [6.07, 6.45) is -0.539. The predicted molar refractivity (Wildman–Crippen MR) is 132 cm³/mol. The monoisotopic (exact) mass is 477 g/mol. The van der Waals surface area contributed by atoms with Gasteiger partial charge in [0, 0.05) is 32.7 Å². The maximum atomic E-state index is 12.2. The molecule has 3 N–H and O–H groups in total. The van der Waals surface area contributed by atoms with Gasteiger partial charge in [-0.1, -0.05) is 0 Å². The van der Waals surface area contributed by atoms with Crippen molar-refractivity contribution in [1.82, 2.24) is 20.9 Å². The Morgan fingerprint density at radius 3 is 1.97 bits per heavy atom. The van der Waals surface area contributed by atoms with E-state index in [1.807, 2.05) is 0 Å². The maximum Gasteiger partial charge on any atom is 0.414 e. The topological polar surface area (TPSA) is 114 Å². The van der Waals surface area contributed by atoms with Crippen LogP contribution in [-0.4, -0.2) is 73.6 Å². The van der Waals surface area contributed by atoms with Gasteiger partial charge in [-0.15, -0.1) is 0 Å². The molecule has 34 heavy (non-hydrogen) atoms. The van der Waals surface area contributed by atoms with E-state index in [1.165, 1.54) is 0 Å². The van der Waals surface area contributed by atoms with E-state index in [0.717, 1.165) is 44.9 Å². The number of hydrogen-bond acceptors (Lipinski definition) is 8. The average molecular weight is 478 g/mol. The Bertz CT molecular complexity index is 790. The van der Waals surface area contributed by atoms with Crippen molar-refractivity contribution < 1.29 is 23.8 Å². The molecule has 1 heterocycles. The van der Waals surface area contributed by atoms with Crippen molar-refractivity contribution in [3.8, 4) is 5.75 Å². The predicted octanol–water partition coefficient (Wildman–Crippen LogP) is 3.40. The minimum Gasteiger partial charge on any atom is -0.494 e. The van der Waals surface area contributed by atoms with Gasteiger partial charge >= 0.3 is 12.2 Å². The molecule has 0 saturated carbocycles.